The van der Waals surface area contributed by atoms with Gasteiger partial charge in [-0.15, -0.1) is 0 Å². The number of aryl methyl sites for hydroxylation is 1. The van der Waals surface area contributed by atoms with Gasteiger partial charge in [-0.05, 0) is 18.9 Å². The maximum absolute atomic E-state index is 12.0. The van der Waals surface area contributed by atoms with Gasteiger partial charge in [0.25, 0.3) is 5.91 Å². The van der Waals surface area contributed by atoms with Gasteiger partial charge in [0, 0.05) is 31.7 Å². The summed E-state index contributed by atoms with van der Waals surface area (Å²) in [5.41, 5.74) is 0.855. The molecule has 1 atom stereocenters. The summed E-state index contributed by atoms with van der Waals surface area (Å²) >= 11 is 0. The normalized spacial score (nSPS) is 20.3. The summed E-state index contributed by atoms with van der Waals surface area (Å²) in [6, 6.07) is 1.79. The fourth-order valence-corrected chi connectivity index (χ4v) is 2.48. The zero-order valence-corrected chi connectivity index (χ0v) is 12.5. The van der Waals surface area contributed by atoms with Crippen LogP contribution in [0.3, 0.4) is 0 Å². The molecular formula is C15H24N2O3. The van der Waals surface area contributed by atoms with Crippen molar-refractivity contribution >= 4 is 5.91 Å². The summed E-state index contributed by atoms with van der Waals surface area (Å²) in [6.45, 7) is 10.5. The first-order valence-corrected chi connectivity index (χ1v) is 7.22. The number of hydrogen-bond donors (Lipinski definition) is 1. The fourth-order valence-electron chi connectivity index (χ4n) is 2.48. The van der Waals surface area contributed by atoms with Crippen molar-refractivity contribution in [3.63, 3.8) is 0 Å². The van der Waals surface area contributed by atoms with E-state index < -0.39 is 0 Å². The Labute approximate surface area is 120 Å². The van der Waals surface area contributed by atoms with E-state index in [1.807, 2.05) is 6.92 Å². The van der Waals surface area contributed by atoms with Gasteiger partial charge in [0.15, 0.2) is 5.76 Å². The van der Waals surface area contributed by atoms with Crippen LogP contribution in [-0.4, -0.2) is 49.7 Å². The Hall–Kier alpha value is -1.33. The molecule has 1 fully saturated rings. The van der Waals surface area contributed by atoms with Crippen molar-refractivity contribution in [2.75, 3.05) is 32.8 Å². The SMILES string of the molecule is Cc1ccoc1C(=O)NCC1CN(CC(C)C)CCO1. The number of nitrogens with one attached hydrogen (secondary N) is 1. The highest BCUT2D eigenvalue weighted by Crippen LogP contribution is 2.10. The van der Waals surface area contributed by atoms with Gasteiger partial charge in [-0.2, -0.15) is 0 Å². The number of hydrogen-bond acceptors (Lipinski definition) is 4. The predicted octanol–water partition coefficient (Wildman–Crippen LogP) is 1.67. The van der Waals surface area contributed by atoms with Crippen molar-refractivity contribution < 1.29 is 13.9 Å². The zero-order valence-electron chi connectivity index (χ0n) is 12.5. The lowest BCUT2D eigenvalue weighted by atomic mass is 10.2. The highest BCUT2D eigenvalue weighted by atomic mass is 16.5. The van der Waals surface area contributed by atoms with E-state index in [2.05, 4.69) is 24.1 Å². The second-order valence-corrected chi connectivity index (χ2v) is 5.79. The van der Waals surface area contributed by atoms with Crippen LogP contribution in [0.15, 0.2) is 16.7 Å². The molecule has 2 heterocycles. The standard InChI is InChI=1S/C15H24N2O3/c1-11(2)9-17-5-7-19-13(10-17)8-16-15(18)14-12(3)4-6-20-14/h4,6,11,13H,5,7-10H2,1-3H3,(H,16,18). The van der Waals surface area contributed by atoms with Crippen LogP contribution in [0, 0.1) is 12.8 Å². The van der Waals surface area contributed by atoms with Crippen LogP contribution in [0.2, 0.25) is 0 Å². The van der Waals surface area contributed by atoms with E-state index in [0.29, 0.717) is 18.2 Å². The van der Waals surface area contributed by atoms with Gasteiger partial charge < -0.3 is 14.5 Å². The molecule has 1 saturated heterocycles. The third-order valence-electron chi connectivity index (χ3n) is 3.40. The van der Waals surface area contributed by atoms with E-state index in [0.717, 1.165) is 31.8 Å². The molecule has 1 aliphatic heterocycles. The summed E-state index contributed by atoms with van der Waals surface area (Å²) < 4.78 is 10.9. The topological polar surface area (TPSA) is 54.7 Å². The Balaban J connectivity index is 1.79. The molecule has 1 amide bonds. The Kier molecular flexibility index (Phi) is 5.20. The summed E-state index contributed by atoms with van der Waals surface area (Å²) in [5.74, 6) is 0.867. The molecule has 0 radical (unpaired) electrons. The lowest BCUT2D eigenvalue weighted by Gasteiger charge is -2.33. The van der Waals surface area contributed by atoms with Crippen molar-refractivity contribution in [3.8, 4) is 0 Å². The molecule has 0 bridgehead atoms. The largest absolute Gasteiger partial charge is 0.459 e. The van der Waals surface area contributed by atoms with E-state index in [1.165, 1.54) is 6.26 Å². The minimum absolute atomic E-state index is 0.0571. The highest BCUT2D eigenvalue weighted by molar-refractivity contribution is 5.92. The average molecular weight is 280 g/mol. The molecule has 1 unspecified atom stereocenters. The molecule has 1 aromatic rings. The molecule has 1 aromatic heterocycles. The second-order valence-electron chi connectivity index (χ2n) is 5.79. The van der Waals surface area contributed by atoms with Crippen LogP contribution in [0.4, 0.5) is 0 Å². The minimum atomic E-state index is -0.169. The van der Waals surface area contributed by atoms with Crippen molar-refractivity contribution in [3.05, 3.63) is 23.7 Å². The Bertz CT molecular complexity index is 442. The van der Waals surface area contributed by atoms with Crippen molar-refractivity contribution in [2.24, 2.45) is 5.92 Å². The predicted molar refractivity (Wildman–Crippen MR) is 76.8 cm³/mol. The third kappa shape index (κ3) is 4.08. The van der Waals surface area contributed by atoms with Gasteiger partial charge in [0.05, 0.1) is 19.0 Å². The van der Waals surface area contributed by atoms with Crippen LogP contribution >= 0.6 is 0 Å². The van der Waals surface area contributed by atoms with Crippen LogP contribution in [-0.2, 0) is 4.74 Å². The summed E-state index contributed by atoms with van der Waals surface area (Å²) in [4.78, 5) is 14.3. The van der Waals surface area contributed by atoms with Gasteiger partial charge in [-0.1, -0.05) is 13.8 Å². The average Bonchev–Trinajstić information content (AvgIpc) is 2.82. The van der Waals surface area contributed by atoms with Crippen molar-refractivity contribution in [1.82, 2.24) is 10.2 Å². The summed E-state index contributed by atoms with van der Waals surface area (Å²) in [7, 11) is 0. The lowest BCUT2D eigenvalue weighted by molar-refractivity contribution is -0.0296. The second kappa shape index (κ2) is 6.90. The Morgan fingerprint density at radius 2 is 2.35 bits per heavy atom. The van der Waals surface area contributed by atoms with Crippen LogP contribution in [0.25, 0.3) is 0 Å². The molecule has 0 aromatic carbocycles. The fraction of sp³-hybridized carbons (Fsp3) is 0.667. The number of morpholine rings is 1. The lowest BCUT2D eigenvalue weighted by Crippen LogP contribution is -2.48. The molecule has 5 nitrogen and oxygen atoms in total. The minimum Gasteiger partial charge on any atom is -0.459 e. The molecular weight excluding hydrogens is 256 g/mol. The Morgan fingerprint density at radius 1 is 1.55 bits per heavy atom. The first kappa shape index (κ1) is 15.1. The van der Waals surface area contributed by atoms with Crippen molar-refractivity contribution in [1.29, 1.82) is 0 Å². The smallest absolute Gasteiger partial charge is 0.287 e. The van der Waals surface area contributed by atoms with E-state index in [4.69, 9.17) is 9.15 Å². The third-order valence-corrected chi connectivity index (χ3v) is 3.40. The maximum Gasteiger partial charge on any atom is 0.287 e. The zero-order chi connectivity index (χ0) is 14.5. The van der Waals surface area contributed by atoms with Crippen molar-refractivity contribution in [2.45, 2.75) is 26.9 Å². The molecule has 2 rings (SSSR count). The number of ether oxygens (including phenoxy) is 1. The van der Waals surface area contributed by atoms with E-state index in [9.17, 15) is 4.79 Å². The van der Waals surface area contributed by atoms with Crippen LogP contribution in [0.1, 0.15) is 30.0 Å². The number of nitrogens with zero attached hydrogens (tertiary/aromatic N) is 1. The number of carbonyl (C=O) groups excluding carboxylic acids is 1. The van der Waals surface area contributed by atoms with Crippen LogP contribution in [0.5, 0.6) is 0 Å². The summed E-state index contributed by atoms with van der Waals surface area (Å²) in [6.07, 6.45) is 1.59. The van der Waals surface area contributed by atoms with E-state index >= 15 is 0 Å². The molecule has 5 heteroatoms. The highest BCUT2D eigenvalue weighted by Gasteiger charge is 2.22. The number of rotatable bonds is 5. The summed E-state index contributed by atoms with van der Waals surface area (Å²) in [5, 5.41) is 2.89. The molecule has 0 saturated carbocycles. The first-order valence-electron chi connectivity index (χ1n) is 7.22. The van der Waals surface area contributed by atoms with Crippen LogP contribution < -0.4 is 5.32 Å². The van der Waals surface area contributed by atoms with Gasteiger partial charge in [0.1, 0.15) is 0 Å². The van der Waals surface area contributed by atoms with E-state index in [-0.39, 0.29) is 12.0 Å². The number of furan rings is 1. The first-order chi connectivity index (χ1) is 9.56. The van der Waals surface area contributed by atoms with Gasteiger partial charge in [-0.25, -0.2) is 0 Å². The molecule has 20 heavy (non-hydrogen) atoms. The molecule has 0 aliphatic carbocycles. The van der Waals surface area contributed by atoms with Gasteiger partial charge in [0.2, 0.25) is 0 Å². The van der Waals surface area contributed by atoms with Gasteiger partial charge in [-0.3, -0.25) is 9.69 Å². The molecule has 0 spiro atoms. The molecule has 1 N–H and O–H groups in total. The monoisotopic (exact) mass is 280 g/mol. The number of carbonyl (C=O) groups is 1. The number of amides is 1. The molecule has 1 aliphatic rings. The maximum atomic E-state index is 12.0. The Morgan fingerprint density at radius 3 is 3.00 bits per heavy atom. The van der Waals surface area contributed by atoms with E-state index in [1.54, 1.807) is 6.07 Å². The molecule has 112 valence electrons. The van der Waals surface area contributed by atoms with Gasteiger partial charge >= 0.3 is 0 Å². The quantitative estimate of drug-likeness (QED) is 0.891.